The molecule has 1 aromatic rings. The van der Waals surface area contributed by atoms with Gasteiger partial charge in [0.15, 0.2) is 0 Å². The van der Waals surface area contributed by atoms with E-state index in [1.807, 2.05) is 11.8 Å². The van der Waals surface area contributed by atoms with Gasteiger partial charge in [-0.3, -0.25) is 4.79 Å². The Balaban J connectivity index is 1.59. The largest absolute Gasteiger partial charge is 0.328 e. The van der Waals surface area contributed by atoms with Crippen molar-refractivity contribution in [1.29, 1.82) is 0 Å². The minimum atomic E-state index is 0.0840. The van der Waals surface area contributed by atoms with E-state index in [1.54, 1.807) is 0 Å². The van der Waals surface area contributed by atoms with Crippen molar-refractivity contribution in [2.24, 2.45) is 11.7 Å². The monoisotopic (exact) mass is 332 g/mol. The number of nitrogens with one attached hydrogen (secondary N) is 1. The highest BCUT2D eigenvalue weighted by molar-refractivity contribution is 8.00. The Kier molecular flexibility index (Phi) is 5.65. The predicted molar refractivity (Wildman–Crippen MR) is 97.9 cm³/mol. The number of aryl methyl sites for hydroxylation is 1. The second-order valence-corrected chi connectivity index (χ2v) is 8.49. The molecule has 2 unspecified atom stereocenters. The molecule has 3 nitrogen and oxygen atoms in total. The Hall–Kier alpha value is -1.00. The fourth-order valence-electron chi connectivity index (χ4n) is 3.71. The Morgan fingerprint density at radius 2 is 1.96 bits per heavy atom. The number of carbonyl (C=O) groups excluding carboxylic acids is 1. The summed E-state index contributed by atoms with van der Waals surface area (Å²) in [5.74, 6) is 0.217. The van der Waals surface area contributed by atoms with Gasteiger partial charge in [-0.1, -0.05) is 19.3 Å². The van der Waals surface area contributed by atoms with Crippen LogP contribution in [0.2, 0.25) is 0 Å². The zero-order valence-corrected chi connectivity index (χ0v) is 14.8. The van der Waals surface area contributed by atoms with Crippen molar-refractivity contribution in [1.82, 2.24) is 0 Å². The van der Waals surface area contributed by atoms with Crippen LogP contribution in [0.15, 0.2) is 23.1 Å². The molecule has 0 aliphatic heterocycles. The lowest BCUT2D eigenvalue weighted by molar-refractivity contribution is -0.119. The van der Waals surface area contributed by atoms with Crippen molar-refractivity contribution in [3.63, 3.8) is 0 Å². The molecule has 0 bridgehead atoms. The first-order chi connectivity index (χ1) is 11.1. The van der Waals surface area contributed by atoms with Crippen molar-refractivity contribution < 1.29 is 4.79 Å². The molecule has 4 heteroatoms. The average molecular weight is 333 g/mol. The van der Waals surface area contributed by atoms with Crippen LogP contribution in [-0.4, -0.2) is 17.2 Å². The number of carbonyl (C=O) groups is 1. The highest BCUT2D eigenvalue weighted by atomic mass is 32.2. The number of hydrogen-bond acceptors (Lipinski definition) is 3. The van der Waals surface area contributed by atoms with Crippen LogP contribution in [0.4, 0.5) is 5.69 Å². The lowest BCUT2D eigenvalue weighted by atomic mass is 10.0. The van der Waals surface area contributed by atoms with Gasteiger partial charge >= 0.3 is 0 Å². The molecular weight excluding hydrogens is 304 g/mol. The van der Waals surface area contributed by atoms with E-state index in [1.165, 1.54) is 37.0 Å². The minimum Gasteiger partial charge on any atom is -0.328 e. The molecule has 2 aliphatic carbocycles. The summed E-state index contributed by atoms with van der Waals surface area (Å²) in [6.07, 6.45) is 9.51. The molecule has 1 aromatic carbocycles. The maximum Gasteiger partial charge on any atom is 0.227 e. The molecule has 3 N–H and O–H groups in total. The van der Waals surface area contributed by atoms with Gasteiger partial charge in [0.05, 0.1) is 0 Å². The van der Waals surface area contributed by atoms with Crippen LogP contribution >= 0.6 is 11.8 Å². The van der Waals surface area contributed by atoms with Crippen molar-refractivity contribution >= 4 is 23.4 Å². The molecule has 3 rings (SSSR count). The lowest BCUT2D eigenvalue weighted by Crippen LogP contribution is -2.23. The molecule has 0 radical (unpaired) electrons. The smallest absolute Gasteiger partial charge is 0.227 e. The highest BCUT2D eigenvalue weighted by Crippen LogP contribution is 2.35. The van der Waals surface area contributed by atoms with Crippen LogP contribution in [0.25, 0.3) is 0 Å². The summed E-state index contributed by atoms with van der Waals surface area (Å²) in [6.45, 7) is 2.08. The Labute approximate surface area is 143 Å². The van der Waals surface area contributed by atoms with Gasteiger partial charge in [-0.05, 0) is 62.8 Å². The lowest BCUT2D eigenvalue weighted by Gasteiger charge is -2.21. The second-order valence-electron chi connectivity index (χ2n) is 7.11. The van der Waals surface area contributed by atoms with Gasteiger partial charge in [0, 0.05) is 27.8 Å². The zero-order valence-electron chi connectivity index (χ0n) is 14.0. The van der Waals surface area contributed by atoms with E-state index in [0.29, 0.717) is 0 Å². The fraction of sp³-hybridized carbons (Fsp3) is 0.632. The number of hydrogen-bond donors (Lipinski definition) is 2. The molecule has 0 spiro atoms. The van der Waals surface area contributed by atoms with Crippen molar-refractivity contribution in [2.45, 2.75) is 74.5 Å². The summed E-state index contributed by atoms with van der Waals surface area (Å²) in [4.78, 5) is 13.7. The molecule has 2 saturated carbocycles. The molecule has 2 atom stereocenters. The third-order valence-corrected chi connectivity index (χ3v) is 6.49. The van der Waals surface area contributed by atoms with Crippen LogP contribution in [-0.2, 0) is 4.79 Å². The Morgan fingerprint density at radius 3 is 2.61 bits per heavy atom. The van der Waals surface area contributed by atoms with E-state index in [0.717, 1.165) is 35.8 Å². The third kappa shape index (κ3) is 4.51. The van der Waals surface area contributed by atoms with Crippen LogP contribution in [0.1, 0.15) is 56.9 Å². The van der Waals surface area contributed by atoms with Gasteiger partial charge in [0.25, 0.3) is 0 Å². The van der Waals surface area contributed by atoms with E-state index in [9.17, 15) is 4.79 Å². The molecule has 2 aliphatic rings. The van der Waals surface area contributed by atoms with Gasteiger partial charge in [0.2, 0.25) is 5.91 Å². The molecule has 0 saturated heterocycles. The maximum absolute atomic E-state index is 12.3. The number of thioether (sulfide) groups is 1. The average Bonchev–Trinajstić information content (AvgIpc) is 2.98. The normalized spacial score (nSPS) is 25.5. The molecule has 0 aromatic heterocycles. The highest BCUT2D eigenvalue weighted by Gasteiger charge is 2.28. The SMILES string of the molecule is Cc1cc(SC2CCCCC2)ccc1NC(=O)C1CCC(N)C1. The summed E-state index contributed by atoms with van der Waals surface area (Å²) in [6, 6.07) is 6.63. The van der Waals surface area contributed by atoms with Gasteiger partial charge in [-0.2, -0.15) is 0 Å². The van der Waals surface area contributed by atoms with Gasteiger partial charge < -0.3 is 11.1 Å². The predicted octanol–water partition coefficient (Wildman–Crippen LogP) is 4.49. The summed E-state index contributed by atoms with van der Waals surface area (Å²) < 4.78 is 0. The summed E-state index contributed by atoms with van der Waals surface area (Å²) >= 11 is 2.00. The summed E-state index contributed by atoms with van der Waals surface area (Å²) in [5.41, 5.74) is 8.01. The van der Waals surface area contributed by atoms with Gasteiger partial charge in [-0.25, -0.2) is 0 Å². The van der Waals surface area contributed by atoms with Gasteiger partial charge in [-0.15, -0.1) is 11.8 Å². The van der Waals surface area contributed by atoms with E-state index in [2.05, 4.69) is 30.4 Å². The van der Waals surface area contributed by atoms with Crippen molar-refractivity contribution in [3.8, 4) is 0 Å². The Morgan fingerprint density at radius 1 is 1.17 bits per heavy atom. The second kappa shape index (κ2) is 7.71. The summed E-state index contributed by atoms with van der Waals surface area (Å²) in [7, 11) is 0. The minimum absolute atomic E-state index is 0.0840. The van der Waals surface area contributed by atoms with Crippen LogP contribution in [0, 0.1) is 12.8 Å². The van der Waals surface area contributed by atoms with E-state index in [-0.39, 0.29) is 17.9 Å². The molecule has 0 heterocycles. The number of benzene rings is 1. The quantitative estimate of drug-likeness (QED) is 0.854. The first-order valence-electron chi connectivity index (χ1n) is 8.95. The van der Waals surface area contributed by atoms with E-state index < -0.39 is 0 Å². The summed E-state index contributed by atoms with van der Waals surface area (Å²) in [5, 5.41) is 3.87. The number of nitrogens with two attached hydrogens (primary N) is 1. The third-order valence-electron chi connectivity index (χ3n) is 5.15. The fourth-order valence-corrected chi connectivity index (χ4v) is 5.06. The van der Waals surface area contributed by atoms with E-state index in [4.69, 9.17) is 5.73 Å². The maximum atomic E-state index is 12.3. The zero-order chi connectivity index (χ0) is 16.2. The van der Waals surface area contributed by atoms with Crippen LogP contribution in [0.5, 0.6) is 0 Å². The molecule has 126 valence electrons. The first kappa shape index (κ1) is 16.8. The number of anilines is 1. The van der Waals surface area contributed by atoms with Crippen molar-refractivity contribution in [3.05, 3.63) is 23.8 Å². The standard InChI is InChI=1S/C19H28N2OS/c1-13-11-17(23-16-5-3-2-4-6-16)9-10-18(13)21-19(22)14-7-8-15(20)12-14/h9-11,14-16H,2-8,12,20H2,1H3,(H,21,22). The molecule has 2 fully saturated rings. The molecule has 1 amide bonds. The molecule has 23 heavy (non-hydrogen) atoms. The topological polar surface area (TPSA) is 55.1 Å². The first-order valence-corrected chi connectivity index (χ1v) is 9.83. The van der Waals surface area contributed by atoms with Crippen molar-refractivity contribution in [2.75, 3.05) is 5.32 Å². The molecular formula is C19H28N2OS. The van der Waals surface area contributed by atoms with Crippen LogP contribution in [0.3, 0.4) is 0 Å². The van der Waals surface area contributed by atoms with Gasteiger partial charge in [0.1, 0.15) is 0 Å². The number of amides is 1. The van der Waals surface area contributed by atoms with E-state index >= 15 is 0 Å². The number of rotatable bonds is 4. The Bertz CT molecular complexity index is 554. The van der Waals surface area contributed by atoms with Crippen LogP contribution < -0.4 is 11.1 Å².